The molecule has 1 N–H and O–H groups in total. The summed E-state index contributed by atoms with van der Waals surface area (Å²) in [6, 6.07) is 17.7. The molecule has 2 aliphatic rings. The Bertz CT molecular complexity index is 1300. The minimum atomic E-state index is -0.565. The molecule has 2 aliphatic heterocycles. The zero-order valence-corrected chi connectivity index (χ0v) is 22.1. The first kappa shape index (κ1) is 26.2. The predicted molar refractivity (Wildman–Crippen MR) is 143 cm³/mol. The van der Waals surface area contributed by atoms with E-state index in [0.717, 1.165) is 24.0 Å². The number of nitrogens with zero attached hydrogens (tertiary/aromatic N) is 1. The molecule has 1 fully saturated rings. The fourth-order valence-electron chi connectivity index (χ4n) is 4.74. The van der Waals surface area contributed by atoms with E-state index in [0.29, 0.717) is 53.9 Å². The van der Waals surface area contributed by atoms with Crippen LogP contribution in [-0.2, 0) is 17.9 Å². The molecule has 3 aromatic carbocycles. The molecule has 0 aromatic heterocycles. The van der Waals surface area contributed by atoms with Crippen LogP contribution in [0.2, 0.25) is 0 Å². The van der Waals surface area contributed by atoms with Gasteiger partial charge in [0.2, 0.25) is 12.7 Å². The second-order valence-corrected chi connectivity index (χ2v) is 9.46. The summed E-state index contributed by atoms with van der Waals surface area (Å²) in [6.45, 7) is 1.36. The maximum absolute atomic E-state index is 13.7. The molecule has 2 amide bonds. The van der Waals surface area contributed by atoms with Crippen molar-refractivity contribution in [1.29, 1.82) is 0 Å². The molecule has 39 heavy (non-hydrogen) atoms. The van der Waals surface area contributed by atoms with Crippen molar-refractivity contribution in [3.63, 3.8) is 0 Å². The molecule has 204 valence electrons. The highest BCUT2D eigenvalue weighted by molar-refractivity contribution is 5.98. The molecule has 0 aliphatic carbocycles. The van der Waals surface area contributed by atoms with Crippen molar-refractivity contribution < 1.29 is 33.3 Å². The molecule has 9 heteroatoms. The minimum Gasteiger partial charge on any atom is -0.497 e. The van der Waals surface area contributed by atoms with Crippen LogP contribution in [0.4, 0.5) is 0 Å². The summed E-state index contributed by atoms with van der Waals surface area (Å²) in [4.78, 5) is 28.3. The van der Waals surface area contributed by atoms with Gasteiger partial charge in [-0.15, -0.1) is 0 Å². The fourth-order valence-corrected chi connectivity index (χ4v) is 4.74. The van der Waals surface area contributed by atoms with Gasteiger partial charge in [-0.3, -0.25) is 9.59 Å². The Hall–Kier alpha value is -4.40. The first-order valence-electron chi connectivity index (χ1n) is 13.0. The largest absolute Gasteiger partial charge is 0.497 e. The van der Waals surface area contributed by atoms with Gasteiger partial charge in [0.1, 0.15) is 29.9 Å². The molecular weight excluding hydrogens is 500 g/mol. The average Bonchev–Trinajstić information content (AvgIpc) is 3.34. The van der Waals surface area contributed by atoms with E-state index in [1.165, 1.54) is 0 Å². The first-order valence-corrected chi connectivity index (χ1v) is 13.0. The number of rotatable bonds is 9. The van der Waals surface area contributed by atoms with E-state index in [4.69, 9.17) is 23.7 Å². The summed E-state index contributed by atoms with van der Waals surface area (Å²) in [6.07, 6.45) is 2.35. The van der Waals surface area contributed by atoms with E-state index in [2.05, 4.69) is 5.32 Å². The highest BCUT2D eigenvalue weighted by atomic mass is 16.7. The number of benzene rings is 3. The third kappa shape index (κ3) is 6.19. The number of hydrogen-bond donors (Lipinski definition) is 1. The molecule has 1 saturated heterocycles. The quantitative estimate of drug-likeness (QED) is 0.439. The average molecular weight is 533 g/mol. The number of hydrogen-bond acceptors (Lipinski definition) is 7. The highest BCUT2D eigenvalue weighted by Crippen LogP contribution is 2.33. The molecule has 0 saturated carbocycles. The number of nitrogens with one attached hydrogen (secondary N) is 1. The van der Waals surface area contributed by atoms with Crippen LogP contribution in [0.1, 0.15) is 40.7 Å². The Morgan fingerprint density at radius 2 is 1.64 bits per heavy atom. The molecule has 2 heterocycles. The molecule has 5 rings (SSSR count). The maximum atomic E-state index is 13.7. The van der Waals surface area contributed by atoms with Gasteiger partial charge in [-0.2, -0.15) is 0 Å². The summed E-state index contributed by atoms with van der Waals surface area (Å²) in [5.74, 6) is 2.84. The number of amides is 2. The predicted octanol–water partition coefficient (Wildman–Crippen LogP) is 4.32. The van der Waals surface area contributed by atoms with Crippen LogP contribution < -0.4 is 29.0 Å². The molecule has 0 spiro atoms. The van der Waals surface area contributed by atoms with Gasteiger partial charge < -0.3 is 33.9 Å². The van der Waals surface area contributed by atoms with Crippen LogP contribution in [0.15, 0.2) is 60.7 Å². The molecule has 3 aromatic rings. The van der Waals surface area contributed by atoms with E-state index in [9.17, 15) is 9.59 Å². The van der Waals surface area contributed by atoms with Crippen molar-refractivity contribution in [2.75, 3.05) is 27.6 Å². The van der Waals surface area contributed by atoms with Crippen molar-refractivity contribution in [3.05, 3.63) is 77.4 Å². The number of carbonyl (C=O) groups is 2. The van der Waals surface area contributed by atoms with Crippen molar-refractivity contribution in [3.8, 4) is 28.7 Å². The van der Waals surface area contributed by atoms with Gasteiger partial charge in [0.05, 0.1) is 14.2 Å². The SMILES string of the molecule is COc1cc(COc2ccc(CN(C(=O)c3ccc4c(c3)OCO4)[C@H]3CCCCNC3=O)cc2)cc(OC)c1. The van der Waals surface area contributed by atoms with Crippen LogP contribution in [0.25, 0.3) is 0 Å². The lowest BCUT2D eigenvalue weighted by molar-refractivity contribution is -0.125. The Morgan fingerprint density at radius 3 is 2.38 bits per heavy atom. The Balaban J connectivity index is 1.32. The van der Waals surface area contributed by atoms with Gasteiger partial charge in [0.15, 0.2) is 11.5 Å². The van der Waals surface area contributed by atoms with Crippen LogP contribution in [-0.4, -0.2) is 50.3 Å². The topological polar surface area (TPSA) is 95.6 Å². The van der Waals surface area contributed by atoms with Gasteiger partial charge >= 0.3 is 0 Å². The number of carbonyl (C=O) groups excluding carboxylic acids is 2. The Morgan fingerprint density at radius 1 is 0.897 bits per heavy atom. The zero-order valence-electron chi connectivity index (χ0n) is 22.1. The van der Waals surface area contributed by atoms with Crippen LogP contribution in [0.3, 0.4) is 0 Å². The highest BCUT2D eigenvalue weighted by Gasteiger charge is 2.32. The van der Waals surface area contributed by atoms with Crippen LogP contribution in [0.5, 0.6) is 28.7 Å². The van der Waals surface area contributed by atoms with E-state index in [-0.39, 0.29) is 25.2 Å². The monoisotopic (exact) mass is 532 g/mol. The molecule has 9 nitrogen and oxygen atoms in total. The summed E-state index contributed by atoms with van der Waals surface area (Å²) in [5, 5.41) is 2.95. The van der Waals surface area contributed by atoms with Crippen molar-refractivity contribution in [1.82, 2.24) is 10.2 Å². The van der Waals surface area contributed by atoms with Gasteiger partial charge in [-0.05, 0) is 72.9 Å². The third-order valence-corrected chi connectivity index (χ3v) is 6.86. The smallest absolute Gasteiger partial charge is 0.254 e. The molecule has 0 unspecified atom stereocenters. The van der Waals surface area contributed by atoms with E-state index < -0.39 is 6.04 Å². The van der Waals surface area contributed by atoms with Gasteiger partial charge in [-0.1, -0.05) is 12.1 Å². The fraction of sp³-hybridized carbons (Fsp3) is 0.333. The Kier molecular flexibility index (Phi) is 8.05. The van der Waals surface area contributed by atoms with Crippen LogP contribution >= 0.6 is 0 Å². The minimum absolute atomic E-state index is 0.126. The van der Waals surface area contributed by atoms with Crippen LogP contribution in [0, 0.1) is 0 Å². The number of ether oxygens (including phenoxy) is 5. The molecular formula is C30H32N2O7. The van der Waals surface area contributed by atoms with Gasteiger partial charge in [0.25, 0.3) is 5.91 Å². The summed E-state index contributed by atoms with van der Waals surface area (Å²) < 4.78 is 27.5. The normalized spacial score (nSPS) is 16.2. The lowest BCUT2D eigenvalue weighted by atomic mass is 10.0. The summed E-state index contributed by atoms with van der Waals surface area (Å²) in [5.41, 5.74) is 2.25. The third-order valence-electron chi connectivity index (χ3n) is 6.86. The van der Waals surface area contributed by atoms with Crippen molar-refractivity contribution in [2.24, 2.45) is 0 Å². The maximum Gasteiger partial charge on any atom is 0.254 e. The van der Waals surface area contributed by atoms with Crippen molar-refractivity contribution >= 4 is 11.8 Å². The zero-order chi connectivity index (χ0) is 27.2. The molecule has 0 radical (unpaired) electrons. The number of methoxy groups -OCH3 is 2. The molecule has 1 atom stereocenters. The van der Waals surface area contributed by atoms with Gasteiger partial charge in [-0.25, -0.2) is 0 Å². The first-order chi connectivity index (χ1) is 19.0. The molecule has 0 bridgehead atoms. The van der Waals surface area contributed by atoms with Gasteiger partial charge in [0, 0.05) is 24.7 Å². The van der Waals surface area contributed by atoms with Crippen molar-refractivity contribution in [2.45, 2.75) is 38.5 Å². The second kappa shape index (κ2) is 12.0. The Labute approximate surface area is 227 Å². The summed E-state index contributed by atoms with van der Waals surface area (Å²) >= 11 is 0. The standard InChI is InChI=1S/C30H32N2O7/c1-35-24-13-21(14-25(16-24)36-2)18-37-23-9-6-20(7-10-23)17-32(26-5-3-4-12-31-29(26)33)30(34)22-8-11-27-28(15-22)39-19-38-27/h6-11,13-16,26H,3-5,12,17-19H2,1-2H3,(H,31,33)/t26-/m0/s1. The second-order valence-electron chi connectivity index (χ2n) is 9.46. The van der Waals surface area contributed by atoms with E-state index in [1.807, 2.05) is 42.5 Å². The van der Waals surface area contributed by atoms with E-state index in [1.54, 1.807) is 37.3 Å². The lowest BCUT2D eigenvalue weighted by Crippen LogP contribution is -2.48. The lowest BCUT2D eigenvalue weighted by Gasteiger charge is -2.30. The van der Waals surface area contributed by atoms with E-state index >= 15 is 0 Å². The number of fused-ring (bicyclic) bond motifs is 1. The summed E-state index contributed by atoms with van der Waals surface area (Å²) in [7, 11) is 3.22.